The molecular formula is C11H14BrFN2. The number of hydrogen-bond donors (Lipinski definition) is 1. The molecule has 0 heterocycles. The minimum atomic E-state index is -0.259. The number of rotatable bonds is 2. The molecule has 1 aliphatic carbocycles. The van der Waals surface area contributed by atoms with E-state index in [0.717, 1.165) is 5.69 Å². The average Bonchev–Trinajstić information content (AvgIpc) is 2.08. The number of hydrogen-bond acceptors (Lipinski definition) is 2. The van der Waals surface area contributed by atoms with Crippen molar-refractivity contribution in [3.63, 3.8) is 0 Å². The predicted molar refractivity (Wildman–Crippen MR) is 64.6 cm³/mol. The summed E-state index contributed by atoms with van der Waals surface area (Å²) in [6.07, 6.45) is 3.61. The largest absolute Gasteiger partial charge is 0.397 e. The van der Waals surface area contributed by atoms with Crippen LogP contribution in [0.15, 0.2) is 16.6 Å². The third kappa shape index (κ3) is 1.95. The number of nitrogen functional groups attached to an aromatic ring is 1. The Bertz CT molecular complexity index is 377. The standard InChI is InChI=1S/C11H14BrFN2/c1-15(7-3-2-4-7)11-6-9(13)8(12)5-10(11)14/h5-7H,2-4,14H2,1H3. The summed E-state index contributed by atoms with van der Waals surface area (Å²) >= 11 is 3.12. The highest BCUT2D eigenvalue weighted by Gasteiger charge is 2.24. The van der Waals surface area contributed by atoms with Crippen molar-refractivity contribution in [1.29, 1.82) is 0 Å². The zero-order valence-corrected chi connectivity index (χ0v) is 10.2. The molecule has 82 valence electrons. The van der Waals surface area contributed by atoms with Gasteiger partial charge in [-0.3, -0.25) is 0 Å². The van der Waals surface area contributed by atoms with Gasteiger partial charge in [-0.15, -0.1) is 0 Å². The predicted octanol–water partition coefficient (Wildman–Crippen LogP) is 3.16. The summed E-state index contributed by atoms with van der Waals surface area (Å²) in [7, 11) is 1.98. The number of anilines is 2. The van der Waals surface area contributed by atoms with Crippen LogP contribution in [-0.2, 0) is 0 Å². The van der Waals surface area contributed by atoms with Gasteiger partial charge in [0.2, 0.25) is 0 Å². The van der Waals surface area contributed by atoms with E-state index in [0.29, 0.717) is 16.2 Å². The number of nitrogens with two attached hydrogens (primary N) is 1. The molecule has 0 radical (unpaired) electrons. The molecule has 1 aromatic carbocycles. The third-order valence-corrected chi connectivity index (χ3v) is 3.68. The van der Waals surface area contributed by atoms with E-state index in [-0.39, 0.29) is 5.82 Å². The summed E-state index contributed by atoms with van der Waals surface area (Å²) in [5.41, 5.74) is 7.28. The van der Waals surface area contributed by atoms with Crippen molar-refractivity contribution in [3.8, 4) is 0 Å². The van der Waals surface area contributed by atoms with Crippen LogP contribution in [-0.4, -0.2) is 13.1 Å². The van der Waals surface area contributed by atoms with Gasteiger partial charge in [-0.25, -0.2) is 4.39 Å². The second kappa shape index (κ2) is 4.00. The summed E-state index contributed by atoms with van der Waals surface area (Å²) in [5, 5.41) is 0. The smallest absolute Gasteiger partial charge is 0.139 e. The topological polar surface area (TPSA) is 29.3 Å². The zero-order valence-electron chi connectivity index (χ0n) is 8.63. The van der Waals surface area contributed by atoms with Crippen molar-refractivity contribution >= 4 is 27.3 Å². The van der Waals surface area contributed by atoms with Gasteiger partial charge in [-0.2, -0.15) is 0 Å². The normalized spacial score (nSPS) is 16.2. The second-order valence-corrected chi connectivity index (χ2v) is 4.88. The highest BCUT2D eigenvalue weighted by Crippen LogP contribution is 2.34. The lowest BCUT2D eigenvalue weighted by Gasteiger charge is -2.37. The van der Waals surface area contributed by atoms with Crippen LogP contribution < -0.4 is 10.6 Å². The van der Waals surface area contributed by atoms with Crippen molar-refractivity contribution in [3.05, 3.63) is 22.4 Å². The van der Waals surface area contributed by atoms with Gasteiger partial charge in [0.05, 0.1) is 15.8 Å². The average molecular weight is 273 g/mol. The molecule has 1 aliphatic rings. The number of halogens is 2. The van der Waals surface area contributed by atoms with Crippen LogP contribution in [0.2, 0.25) is 0 Å². The molecule has 4 heteroatoms. The van der Waals surface area contributed by atoms with Crippen LogP contribution in [0.5, 0.6) is 0 Å². The fraction of sp³-hybridized carbons (Fsp3) is 0.455. The minimum Gasteiger partial charge on any atom is -0.397 e. The van der Waals surface area contributed by atoms with E-state index >= 15 is 0 Å². The molecule has 2 N–H and O–H groups in total. The molecule has 0 aromatic heterocycles. The molecule has 1 saturated carbocycles. The molecule has 0 unspecified atom stereocenters. The van der Waals surface area contributed by atoms with Crippen LogP contribution in [0, 0.1) is 5.82 Å². The van der Waals surface area contributed by atoms with Crippen LogP contribution in [0.1, 0.15) is 19.3 Å². The molecular weight excluding hydrogens is 259 g/mol. The fourth-order valence-corrected chi connectivity index (χ4v) is 2.19. The minimum absolute atomic E-state index is 0.259. The van der Waals surface area contributed by atoms with E-state index in [2.05, 4.69) is 20.8 Å². The molecule has 0 aliphatic heterocycles. The maximum Gasteiger partial charge on any atom is 0.139 e. The highest BCUT2D eigenvalue weighted by molar-refractivity contribution is 9.10. The summed E-state index contributed by atoms with van der Waals surface area (Å²) in [4.78, 5) is 2.08. The van der Waals surface area contributed by atoms with Crippen molar-refractivity contribution in [1.82, 2.24) is 0 Å². The van der Waals surface area contributed by atoms with Gasteiger partial charge in [-0.1, -0.05) is 0 Å². The van der Waals surface area contributed by atoms with Gasteiger partial charge in [0.25, 0.3) is 0 Å². The quantitative estimate of drug-likeness (QED) is 0.839. The maximum atomic E-state index is 13.4. The maximum absolute atomic E-state index is 13.4. The Morgan fingerprint density at radius 1 is 1.47 bits per heavy atom. The molecule has 1 aromatic rings. The second-order valence-electron chi connectivity index (χ2n) is 4.02. The Hall–Kier alpha value is -0.770. The summed E-state index contributed by atoms with van der Waals surface area (Å²) in [5.74, 6) is -0.259. The number of nitrogens with zero attached hydrogens (tertiary/aromatic N) is 1. The summed E-state index contributed by atoms with van der Waals surface area (Å²) < 4.78 is 13.8. The third-order valence-electron chi connectivity index (χ3n) is 3.07. The Morgan fingerprint density at radius 2 is 2.13 bits per heavy atom. The lowest BCUT2D eigenvalue weighted by atomic mass is 9.91. The van der Waals surface area contributed by atoms with E-state index in [4.69, 9.17) is 5.73 Å². The van der Waals surface area contributed by atoms with Gasteiger partial charge < -0.3 is 10.6 Å². The van der Waals surface area contributed by atoms with Gasteiger partial charge >= 0.3 is 0 Å². The van der Waals surface area contributed by atoms with E-state index < -0.39 is 0 Å². The highest BCUT2D eigenvalue weighted by atomic mass is 79.9. The Labute approximate surface area is 97.4 Å². The molecule has 0 bridgehead atoms. The molecule has 0 atom stereocenters. The van der Waals surface area contributed by atoms with Crippen LogP contribution in [0.25, 0.3) is 0 Å². The summed E-state index contributed by atoms with van der Waals surface area (Å²) in [6.45, 7) is 0. The Kier molecular flexibility index (Phi) is 2.87. The molecule has 1 fully saturated rings. The first kappa shape index (κ1) is 10.7. The van der Waals surface area contributed by atoms with Crippen molar-refractivity contribution < 1.29 is 4.39 Å². The van der Waals surface area contributed by atoms with Crippen molar-refractivity contribution in [2.45, 2.75) is 25.3 Å². The Balaban J connectivity index is 2.30. The van der Waals surface area contributed by atoms with Gasteiger partial charge in [-0.05, 0) is 41.3 Å². The van der Waals surface area contributed by atoms with Crippen LogP contribution >= 0.6 is 15.9 Å². The fourth-order valence-electron chi connectivity index (χ4n) is 1.83. The first-order chi connectivity index (χ1) is 7.09. The molecule has 0 spiro atoms. The van der Waals surface area contributed by atoms with Crippen molar-refractivity contribution in [2.75, 3.05) is 17.7 Å². The molecule has 2 rings (SSSR count). The van der Waals surface area contributed by atoms with Gasteiger partial charge in [0, 0.05) is 19.2 Å². The van der Waals surface area contributed by atoms with Gasteiger partial charge in [0.1, 0.15) is 5.82 Å². The van der Waals surface area contributed by atoms with E-state index in [1.54, 1.807) is 6.07 Å². The zero-order chi connectivity index (χ0) is 11.0. The van der Waals surface area contributed by atoms with E-state index in [1.807, 2.05) is 7.05 Å². The van der Waals surface area contributed by atoms with Crippen LogP contribution in [0.4, 0.5) is 15.8 Å². The Morgan fingerprint density at radius 3 is 2.67 bits per heavy atom. The van der Waals surface area contributed by atoms with Gasteiger partial charge in [0.15, 0.2) is 0 Å². The first-order valence-corrected chi connectivity index (χ1v) is 5.86. The number of benzene rings is 1. The monoisotopic (exact) mass is 272 g/mol. The van der Waals surface area contributed by atoms with E-state index in [9.17, 15) is 4.39 Å². The summed E-state index contributed by atoms with van der Waals surface area (Å²) in [6, 6.07) is 3.64. The lowest BCUT2D eigenvalue weighted by Crippen LogP contribution is -2.37. The molecule has 0 saturated heterocycles. The lowest BCUT2D eigenvalue weighted by molar-refractivity contribution is 0.401. The molecule has 15 heavy (non-hydrogen) atoms. The molecule has 2 nitrogen and oxygen atoms in total. The SMILES string of the molecule is CN(c1cc(F)c(Br)cc1N)C1CCC1. The van der Waals surface area contributed by atoms with Crippen molar-refractivity contribution in [2.24, 2.45) is 0 Å². The first-order valence-electron chi connectivity index (χ1n) is 5.07. The molecule has 0 amide bonds. The van der Waals surface area contributed by atoms with Crippen LogP contribution in [0.3, 0.4) is 0 Å². The van der Waals surface area contributed by atoms with E-state index in [1.165, 1.54) is 25.3 Å².